The quantitative estimate of drug-likeness (QED) is 0.255. The van der Waals surface area contributed by atoms with Gasteiger partial charge >= 0.3 is 0 Å². The van der Waals surface area contributed by atoms with Gasteiger partial charge in [0.05, 0.1) is 5.56 Å². The van der Waals surface area contributed by atoms with Crippen LogP contribution in [0.4, 0.5) is 22.0 Å². The van der Waals surface area contributed by atoms with Crippen molar-refractivity contribution in [2.24, 2.45) is 0 Å². The maximum absolute atomic E-state index is 14.1. The summed E-state index contributed by atoms with van der Waals surface area (Å²) in [7, 11) is 0. The van der Waals surface area contributed by atoms with Gasteiger partial charge in [-0.3, -0.25) is 0 Å². The van der Waals surface area contributed by atoms with Crippen molar-refractivity contribution in [2.75, 3.05) is 6.61 Å². The van der Waals surface area contributed by atoms with Gasteiger partial charge in [0.15, 0.2) is 29.0 Å². The molecule has 0 unspecified atom stereocenters. The lowest BCUT2D eigenvalue weighted by molar-refractivity contribution is 0.332. The number of hydrogen-bond acceptors (Lipinski definition) is 1. The fourth-order valence-electron chi connectivity index (χ4n) is 2.41. The third-order valence-corrected chi connectivity index (χ3v) is 3.72. The minimum atomic E-state index is -1.56. The molecule has 0 heterocycles. The summed E-state index contributed by atoms with van der Waals surface area (Å²) in [5, 5.41) is -0.0154. The van der Waals surface area contributed by atoms with Crippen LogP contribution in [-0.2, 0) is 0 Å². The Labute approximate surface area is 151 Å². The summed E-state index contributed by atoms with van der Waals surface area (Å²) in [5.74, 6) is -1.76. The molecule has 0 saturated heterocycles. The lowest BCUT2D eigenvalue weighted by atomic mass is 10.1. The summed E-state index contributed by atoms with van der Waals surface area (Å²) in [6, 6.07) is 7.25. The van der Waals surface area contributed by atoms with Gasteiger partial charge < -0.3 is 4.74 Å². The molecule has 0 aliphatic rings. The topological polar surface area (TPSA) is 9.23 Å². The number of halogens is 5. The highest BCUT2D eigenvalue weighted by molar-refractivity contribution is 5.84. The lowest BCUT2D eigenvalue weighted by Crippen LogP contribution is -1.99. The van der Waals surface area contributed by atoms with Crippen molar-refractivity contribution in [3.63, 3.8) is 0 Å². The van der Waals surface area contributed by atoms with E-state index in [1.54, 1.807) is 0 Å². The summed E-state index contributed by atoms with van der Waals surface area (Å²) in [4.78, 5) is 0. The Morgan fingerprint density at radius 3 is 2.37 bits per heavy atom. The van der Waals surface area contributed by atoms with E-state index in [1.807, 2.05) is 0 Å². The molecule has 0 spiro atoms. The number of rotatable bonds is 3. The Morgan fingerprint density at radius 2 is 1.63 bits per heavy atom. The van der Waals surface area contributed by atoms with Crippen LogP contribution in [0.15, 0.2) is 49.1 Å². The van der Waals surface area contributed by atoms with E-state index in [1.165, 1.54) is 36.4 Å². The average Bonchev–Trinajstić information content (AvgIpc) is 2.66. The van der Waals surface area contributed by atoms with Gasteiger partial charge in [0.2, 0.25) is 5.82 Å². The van der Waals surface area contributed by atoms with Crippen LogP contribution in [0.1, 0.15) is 11.1 Å². The van der Waals surface area contributed by atoms with Gasteiger partial charge in [0.25, 0.3) is 0 Å². The standard InChI is InChI=1S/C21H11F5O/c1-2-9-27-17-8-6-13(18(23)21(17)26)5-3-12-4-7-15-14(10-12)11-16(22)20(25)19(15)24/h2,4,6-8,10-11H,1,9H2. The van der Waals surface area contributed by atoms with Crippen LogP contribution < -0.4 is 4.74 Å². The Hall–Kier alpha value is -3.33. The molecule has 0 aromatic heterocycles. The molecule has 3 rings (SSSR count). The van der Waals surface area contributed by atoms with Gasteiger partial charge in [-0.1, -0.05) is 30.6 Å². The van der Waals surface area contributed by atoms with E-state index in [0.29, 0.717) is 5.56 Å². The van der Waals surface area contributed by atoms with Crippen molar-refractivity contribution in [1.82, 2.24) is 0 Å². The molecule has 3 aromatic carbocycles. The molecule has 1 nitrogen and oxygen atoms in total. The van der Waals surface area contributed by atoms with Crippen LogP contribution >= 0.6 is 0 Å². The molecule has 0 radical (unpaired) electrons. The lowest BCUT2D eigenvalue weighted by Gasteiger charge is -2.06. The van der Waals surface area contributed by atoms with E-state index >= 15 is 0 Å². The molecular weight excluding hydrogens is 363 g/mol. The van der Waals surface area contributed by atoms with Crippen molar-refractivity contribution in [3.8, 4) is 17.6 Å². The van der Waals surface area contributed by atoms with E-state index in [-0.39, 0.29) is 28.7 Å². The molecule has 0 aliphatic carbocycles. The highest BCUT2D eigenvalue weighted by atomic mass is 19.2. The average molecular weight is 374 g/mol. The van der Waals surface area contributed by atoms with Crippen molar-refractivity contribution in [3.05, 3.63) is 89.3 Å². The van der Waals surface area contributed by atoms with Crippen LogP contribution in [0.2, 0.25) is 0 Å². The van der Waals surface area contributed by atoms with E-state index in [4.69, 9.17) is 4.74 Å². The molecule has 0 fully saturated rings. The zero-order valence-electron chi connectivity index (χ0n) is 13.8. The fraction of sp³-hybridized carbons (Fsp3) is 0.0476. The van der Waals surface area contributed by atoms with Crippen LogP contribution in [0.3, 0.4) is 0 Å². The maximum atomic E-state index is 14.1. The summed E-state index contributed by atoms with van der Waals surface area (Å²) in [6.45, 7) is 3.43. The van der Waals surface area contributed by atoms with Crippen molar-refractivity contribution in [2.45, 2.75) is 0 Å². The zero-order chi connectivity index (χ0) is 19.6. The third kappa shape index (κ3) is 3.63. The van der Waals surface area contributed by atoms with Gasteiger partial charge in [0.1, 0.15) is 6.61 Å². The van der Waals surface area contributed by atoms with Crippen molar-refractivity contribution >= 4 is 10.8 Å². The number of hydrogen-bond donors (Lipinski definition) is 0. The van der Waals surface area contributed by atoms with Gasteiger partial charge in [0, 0.05) is 10.9 Å². The number of fused-ring (bicyclic) bond motifs is 1. The molecule has 0 aliphatic heterocycles. The van der Waals surface area contributed by atoms with Crippen LogP contribution in [-0.4, -0.2) is 6.61 Å². The molecule has 27 heavy (non-hydrogen) atoms. The largest absolute Gasteiger partial charge is 0.486 e. The molecule has 0 saturated carbocycles. The SMILES string of the molecule is C=CCOc1ccc(C#Cc2ccc3c(F)c(F)c(F)cc3c2)c(F)c1F. The highest BCUT2D eigenvalue weighted by Gasteiger charge is 2.14. The van der Waals surface area contributed by atoms with Crippen LogP contribution in [0.5, 0.6) is 5.75 Å². The first-order valence-corrected chi connectivity index (χ1v) is 7.73. The molecule has 0 N–H and O–H groups in total. The molecule has 6 heteroatoms. The second-order valence-corrected chi connectivity index (χ2v) is 5.51. The minimum absolute atomic E-state index is 0.0200. The first-order valence-electron chi connectivity index (χ1n) is 7.73. The third-order valence-electron chi connectivity index (χ3n) is 3.72. The monoisotopic (exact) mass is 374 g/mol. The zero-order valence-corrected chi connectivity index (χ0v) is 13.8. The van der Waals surface area contributed by atoms with Gasteiger partial charge in [-0.25, -0.2) is 17.6 Å². The van der Waals surface area contributed by atoms with Gasteiger partial charge in [-0.2, -0.15) is 4.39 Å². The Morgan fingerprint density at radius 1 is 0.852 bits per heavy atom. The van der Waals surface area contributed by atoms with E-state index < -0.39 is 29.1 Å². The smallest absolute Gasteiger partial charge is 0.201 e. The predicted molar refractivity (Wildman–Crippen MR) is 91.9 cm³/mol. The fourth-order valence-corrected chi connectivity index (χ4v) is 2.41. The highest BCUT2D eigenvalue weighted by Crippen LogP contribution is 2.25. The Bertz CT molecular complexity index is 1110. The van der Waals surface area contributed by atoms with Crippen LogP contribution in [0, 0.1) is 40.9 Å². The minimum Gasteiger partial charge on any atom is -0.486 e. The second-order valence-electron chi connectivity index (χ2n) is 5.51. The van der Waals surface area contributed by atoms with Crippen molar-refractivity contribution < 1.29 is 26.7 Å². The molecule has 136 valence electrons. The summed E-state index contributed by atoms with van der Waals surface area (Å²) in [5.41, 5.74) is 0.0784. The predicted octanol–water partition coefficient (Wildman–Crippen LogP) is 5.50. The normalized spacial score (nSPS) is 10.4. The summed E-state index contributed by atoms with van der Waals surface area (Å²) < 4.78 is 73.3. The molecule has 0 amide bonds. The maximum Gasteiger partial charge on any atom is 0.201 e. The number of ether oxygens (including phenoxy) is 1. The van der Waals surface area contributed by atoms with Crippen LogP contribution in [0.25, 0.3) is 10.8 Å². The first-order chi connectivity index (χ1) is 12.9. The molecule has 0 atom stereocenters. The second kappa shape index (κ2) is 7.50. The molecule has 0 bridgehead atoms. The van der Waals surface area contributed by atoms with Crippen molar-refractivity contribution in [1.29, 1.82) is 0 Å². The Kier molecular flexibility index (Phi) is 5.13. The Balaban J connectivity index is 1.97. The summed E-state index contributed by atoms with van der Waals surface area (Å²) in [6.07, 6.45) is 1.39. The van der Waals surface area contributed by atoms with Gasteiger partial charge in [-0.15, -0.1) is 0 Å². The first kappa shape index (κ1) is 18.5. The van der Waals surface area contributed by atoms with E-state index in [2.05, 4.69) is 18.4 Å². The number of benzene rings is 3. The molecule has 3 aromatic rings. The summed E-state index contributed by atoms with van der Waals surface area (Å²) >= 11 is 0. The van der Waals surface area contributed by atoms with Gasteiger partial charge in [-0.05, 0) is 35.7 Å². The molecular formula is C21H11F5O. The van der Waals surface area contributed by atoms with E-state index in [9.17, 15) is 22.0 Å². The van der Waals surface area contributed by atoms with E-state index in [0.717, 1.165) is 6.07 Å².